The molecule has 10 rings (SSSR count). The molecule has 8 unspecified atom stereocenters. The largest absolute Gasteiger partial charge is 0.352 e. The van der Waals surface area contributed by atoms with Gasteiger partial charge in [-0.15, -0.1) is 0 Å². The lowest BCUT2D eigenvalue weighted by molar-refractivity contribution is 0.0686. The van der Waals surface area contributed by atoms with E-state index in [-0.39, 0.29) is 12.2 Å². The standard InChI is InChI=1S/C50H68N4/c51-45(40-23-13-17-35-16-7-8-20-39(35)40)32-50(52-33-34-14-3-1-4-15-34)54-47-25-12-10-22-42(47)44-31-37(27-29-49(44)54)36-26-28-48-43(30-36)41-21-9-11-24-46(41)53(48)38-18-5-2-6-19-38/h1,3,10-12,22,24-26,28,31,34-35,38-40,42-43,45,47,50,52H,2,4-9,13-21,23,27,29-30,32-33,51H2/t34-,35?,39?,40?,42?,43?,45?,47?,50?/m1/s1. The minimum atomic E-state index is 0.266. The van der Waals surface area contributed by atoms with E-state index in [0.29, 0.717) is 29.8 Å². The molecule has 2 heterocycles. The Morgan fingerprint density at radius 2 is 1.67 bits per heavy atom. The average Bonchev–Trinajstić information content (AvgIpc) is 3.75. The molecule has 0 aromatic rings. The van der Waals surface area contributed by atoms with Gasteiger partial charge < -0.3 is 15.5 Å². The van der Waals surface area contributed by atoms with Crippen molar-refractivity contribution in [3.05, 3.63) is 106 Å². The van der Waals surface area contributed by atoms with E-state index >= 15 is 0 Å². The molecular formula is C50H68N4. The number of hydrogen-bond acceptors (Lipinski definition) is 4. The molecule has 0 aromatic carbocycles. The summed E-state index contributed by atoms with van der Waals surface area (Å²) in [5.74, 6) is 4.20. The Labute approximate surface area is 327 Å². The Morgan fingerprint density at radius 1 is 0.796 bits per heavy atom. The van der Waals surface area contributed by atoms with Gasteiger partial charge in [0, 0.05) is 47.6 Å². The van der Waals surface area contributed by atoms with Gasteiger partial charge in [-0.1, -0.05) is 106 Å². The molecule has 10 aliphatic rings. The van der Waals surface area contributed by atoms with Gasteiger partial charge in [0.15, 0.2) is 0 Å². The number of fused-ring (bicyclic) bond motifs is 5. The zero-order valence-electron chi connectivity index (χ0n) is 33.2. The van der Waals surface area contributed by atoms with Crippen molar-refractivity contribution in [2.45, 2.75) is 159 Å². The van der Waals surface area contributed by atoms with Crippen LogP contribution in [-0.4, -0.2) is 40.6 Å². The zero-order valence-corrected chi connectivity index (χ0v) is 33.2. The second-order valence-corrected chi connectivity index (χ2v) is 19.1. The fourth-order valence-electron chi connectivity index (χ4n) is 13.5. The number of hydrogen-bond donors (Lipinski definition) is 2. The minimum Gasteiger partial charge on any atom is -0.352 e. The van der Waals surface area contributed by atoms with E-state index in [1.165, 1.54) is 116 Å². The van der Waals surface area contributed by atoms with Crippen LogP contribution in [-0.2, 0) is 0 Å². The molecule has 0 amide bonds. The Hall–Kier alpha value is -2.82. The quantitative estimate of drug-likeness (QED) is 0.232. The third kappa shape index (κ3) is 6.63. The van der Waals surface area contributed by atoms with Crippen LogP contribution in [0.25, 0.3) is 0 Å². The Balaban J connectivity index is 0.945. The molecule has 0 aromatic heterocycles. The van der Waals surface area contributed by atoms with Gasteiger partial charge in [0.05, 0.1) is 12.2 Å². The maximum absolute atomic E-state index is 7.47. The van der Waals surface area contributed by atoms with E-state index in [4.69, 9.17) is 5.73 Å². The Morgan fingerprint density at radius 3 is 2.57 bits per heavy atom. The van der Waals surface area contributed by atoms with Crippen LogP contribution in [0.2, 0.25) is 0 Å². The predicted molar refractivity (Wildman–Crippen MR) is 224 cm³/mol. The van der Waals surface area contributed by atoms with Crippen molar-refractivity contribution in [1.29, 1.82) is 0 Å². The molecule has 9 atom stereocenters. The lowest BCUT2D eigenvalue weighted by Crippen LogP contribution is -2.54. The van der Waals surface area contributed by atoms with Crippen molar-refractivity contribution in [3.8, 4) is 0 Å². The van der Waals surface area contributed by atoms with Gasteiger partial charge in [-0.3, -0.25) is 5.32 Å². The van der Waals surface area contributed by atoms with Crippen LogP contribution in [0.15, 0.2) is 106 Å². The van der Waals surface area contributed by atoms with Gasteiger partial charge in [-0.2, -0.15) is 0 Å². The fourth-order valence-corrected chi connectivity index (χ4v) is 13.5. The van der Waals surface area contributed by atoms with E-state index in [2.05, 4.69) is 82.0 Å². The summed E-state index contributed by atoms with van der Waals surface area (Å²) in [5, 5.41) is 4.26. The van der Waals surface area contributed by atoms with Gasteiger partial charge in [-0.05, 0) is 142 Å². The molecule has 54 heavy (non-hydrogen) atoms. The summed E-state index contributed by atoms with van der Waals surface area (Å²) in [6, 6.07) is 1.34. The highest BCUT2D eigenvalue weighted by atomic mass is 15.3. The highest BCUT2D eigenvalue weighted by Crippen LogP contribution is 2.52. The predicted octanol–water partition coefficient (Wildman–Crippen LogP) is 11.1. The molecule has 3 N–H and O–H groups in total. The molecule has 0 radical (unpaired) electrons. The molecule has 4 nitrogen and oxygen atoms in total. The number of nitrogens with zero attached hydrogens (tertiary/aromatic N) is 2. The SMILES string of the molecule is NC(CC(NC[C@@H]1CC=CCC1)N1C2=C(C=C(C3=CC=C4C(C3)C3=C(C=CCC3)N4C3CCCCC3)CC2)C2C=CC=CC21)C1CCCC2CCCCC21. The van der Waals surface area contributed by atoms with Crippen molar-refractivity contribution in [2.24, 2.45) is 41.2 Å². The summed E-state index contributed by atoms with van der Waals surface area (Å²) < 4.78 is 0. The van der Waals surface area contributed by atoms with Crippen LogP contribution in [0.4, 0.5) is 0 Å². The topological polar surface area (TPSA) is 44.5 Å². The first-order valence-corrected chi connectivity index (χ1v) is 23.0. The molecule has 4 heteroatoms. The van der Waals surface area contributed by atoms with Crippen molar-refractivity contribution >= 4 is 0 Å². The van der Waals surface area contributed by atoms with Gasteiger partial charge in [0.2, 0.25) is 0 Å². The smallest absolute Gasteiger partial charge is 0.0814 e. The second kappa shape index (κ2) is 15.6. The van der Waals surface area contributed by atoms with E-state index in [1.54, 1.807) is 39.4 Å². The van der Waals surface area contributed by atoms with Crippen LogP contribution in [0.5, 0.6) is 0 Å². The maximum Gasteiger partial charge on any atom is 0.0814 e. The first kappa shape index (κ1) is 35.6. The second-order valence-electron chi connectivity index (χ2n) is 19.1. The van der Waals surface area contributed by atoms with Crippen molar-refractivity contribution in [1.82, 2.24) is 15.1 Å². The molecule has 0 spiro atoms. The highest BCUT2D eigenvalue weighted by Gasteiger charge is 2.46. The Kier molecular flexibility index (Phi) is 10.3. The van der Waals surface area contributed by atoms with Crippen LogP contribution in [0.1, 0.15) is 135 Å². The highest BCUT2D eigenvalue weighted by molar-refractivity contribution is 5.55. The molecule has 2 aliphatic heterocycles. The van der Waals surface area contributed by atoms with Crippen molar-refractivity contribution in [2.75, 3.05) is 6.54 Å². The third-order valence-corrected chi connectivity index (χ3v) is 16.2. The lowest BCUT2D eigenvalue weighted by Gasteiger charge is -2.46. The summed E-state index contributed by atoms with van der Waals surface area (Å²) >= 11 is 0. The minimum absolute atomic E-state index is 0.266. The van der Waals surface area contributed by atoms with Crippen LogP contribution in [0.3, 0.4) is 0 Å². The molecular weight excluding hydrogens is 657 g/mol. The molecule has 288 valence electrons. The van der Waals surface area contributed by atoms with Crippen molar-refractivity contribution < 1.29 is 0 Å². The maximum atomic E-state index is 7.47. The number of nitrogens with two attached hydrogens (primary N) is 1. The fraction of sp³-hybridized carbons (Fsp3) is 0.640. The first-order valence-electron chi connectivity index (χ1n) is 23.0. The van der Waals surface area contributed by atoms with Crippen LogP contribution >= 0.6 is 0 Å². The van der Waals surface area contributed by atoms with Crippen LogP contribution < -0.4 is 11.1 Å². The number of nitrogens with one attached hydrogen (secondary N) is 1. The zero-order chi connectivity index (χ0) is 36.0. The summed E-state index contributed by atoms with van der Waals surface area (Å²) in [6.07, 6.45) is 55.1. The third-order valence-electron chi connectivity index (χ3n) is 16.2. The van der Waals surface area contributed by atoms with E-state index in [1.807, 2.05) is 0 Å². The van der Waals surface area contributed by atoms with Gasteiger partial charge in [0.1, 0.15) is 0 Å². The number of rotatable bonds is 9. The average molecular weight is 725 g/mol. The van der Waals surface area contributed by atoms with Crippen LogP contribution in [0, 0.1) is 35.5 Å². The summed E-state index contributed by atoms with van der Waals surface area (Å²) in [5.41, 5.74) is 18.8. The van der Waals surface area contributed by atoms with Crippen molar-refractivity contribution in [3.63, 3.8) is 0 Å². The Bertz CT molecular complexity index is 1700. The van der Waals surface area contributed by atoms with Gasteiger partial charge >= 0.3 is 0 Å². The van der Waals surface area contributed by atoms with E-state index < -0.39 is 0 Å². The molecule has 8 aliphatic carbocycles. The van der Waals surface area contributed by atoms with E-state index in [0.717, 1.165) is 43.6 Å². The summed E-state index contributed by atoms with van der Waals surface area (Å²) in [7, 11) is 0. The van der Waals surface area contributed by atoms with Gasteiger partial charge in [-0.25, -0.2) is 0 Å². The van der Waals surface area contributed by atoms with E-state index in [9.17, 15) is 0 Å². The summed E-state index contributed by atoms with van der Waals surface area (Å²) in [6.45, 7) is 1.10. The molecule has 0 bridgehead atoms. The summed E-state index contributed by atoms with van der Waals surface area (Å²) in [4.78, 5) is 5.70. The molecule has 3 saturated carbocycles. The lowest BCUT2D eigenvalue weighted by atomic mass is 9.63. The molecule has 3 fully saturated rings. The monoisotopic (exact) mass is 725 g/mol. The molecule has 0 saturated heterocycles. The number of allylic oxidation sites excluding steroid dienone is 13. The first-order chi connectivity index (χ1) is 26.7. The normalized spacial score (nSPS) is 35.9. The van der Waals surface area contributed by atoms with Gasteiger partial charge in [0.25, 0.3) is 0 Å².